The highest BCUT2D eigenvalue weighted by Gasteiger charge is 2.64. The smallest absolute Gasteiger partial charge is 0.127 e. The van der Waals surface area contributed by atoms with Crippen LogP contribution in [0.1, 0.15) is 45.4 Å². The summed E-state index contributed by atoms with van der Waals surface area (Å²) in [7, 11) is 8.51. The van der Waals surface area contributed by atoms with E-state index in [0.29, 0.717) is 11.6 Å². The van der Waals surface area contributed by atoms with Gasteiger partial charge in [0.1, 0.15) is 24.3 Å². The zero-order valence-electron chi connectivity index (χ0n) is 15.8. The molecule has 0 aliphatic heterocycles. The fraction of sp³-hybridized carbons (Fsp3) is 0.895. The Bertz CT molecular complexity index is 464. The highest BCUT2D eigenvalue weighted by Crippen LogP contribution is 2.58. The topological polar surface area (TPSA) is 21.3 Å². The van der Waals surface area contributed by atoms with E-state index >= 15 is 0 Å². The summed E-state index contributed by atoms with van der Waals surface area (Å²) in [5.74, 6) is 2.64. The van der Waals surface area contributed by atoms with Crippen molar-refractivity contribution in [2.24, 2.45) is 17.8 Å². The lowest BCUT2D eigenvalue weighted by atomic mass is 9.81. The molecule has 0 radical (unpaired) electrons. The Morgan fingerprint density at radius 2 is 1.96 bits per heavy atom. The number of rotatable bonds is 8. The molecule has 1 N–H and O–H groups in total. The van der Waals surface area contributed by atoms with E-state index in [1.807, 2.05) is 20.4 Å². The molecule has 6 atom stereocenters. The van der Waals surface area contributed by atoms with Gasteiger partial charge in [0.2, 0.25) is 0 Å². The van der Waals surface area contributed by atoms with Crippen molar-refractivity contribution in [1.82, 2.24) is 5.43 Å². The molecule has 132 valence electrons. The van der Waals surface area contributed by atoms with Crippen LogP contribution in [0, 0.1) is 17.8 Å². The maximum atomic E-state index is 6.14. The van der Waals surface area contributed by atoms with Crippen LogP contribution in [0.4, 0.5) is 0 Å². The number of nitrogens with one attached hydrogen (secondary N) is 1. The molecule has 3 saturated carbocycles. The van der Waals surface area contributed by atoms with Gasteiger partial charge in [-0.05, 0) is 38.2 Å². The summed E-state index contributed by atoms with van der Waals surface area (Å²) >= 11 is 0. The Balaban J connectivity index is 1.69. The molecular formula is C19H37N3O+2. The molecule has 6 unspecified atom stereocenters. The van der Waals surface area contributed by atoms with E-state index in [0.717, 1.165) is 33.5 Å². The van der Waals surface area contributed by atoms with E-state index in [1.54, 1.807) is 0 Å². The second-order valence-corrected chi connectivity index (χ2v) is 8.92. The average molecular weight is 324 g/mol. The Labute approximate surface area is 142 Å². The first-order chi connectivity index (χ1) is 10.8. The summed E-state index contributed by atoms with van der Waals surface area (Å²) in [5, 5.41) is 0. The molecule has 0 aromatic rings. The number of hydrogen-bond donors (Lipinski definition) is 1. The zero-order chi connectivity index (χ0) is 16.9. The predicted molar refractivity (Wildman–Crippen MR) is 93.9 cm³/mol. The Morgan fingerprint density at radius 3 is 2.43 bits per heavy atom. The summed E-state index contributed by atoms with van der Waals surface area (Å²) in [4.78, 5) is 6.14. The van der Waals surface area contributed by atoms with Gasteiger partial charge in [-0.25, -0.2) is 9.43 Å². The largest absolute Gasteiger partial charge is 0.223 e. The van der Waals surface area contributed by atoms with Gasteiger partial charge in [-0.15, -0.1) is 0 Å². The van der Waals surface area contributed by atoms with Crippen molar-refractivity contribution in [2.45, 2.75) is 57.0 Å². The third-order valence-corrected chi connectivity index (χ3v) is 7.85. The molecule has 23 heavy (non-hydrogen) atoms. The molecule has 0 heterocycles. The van der Waals surface area contributed by atoms with Gasteiger partial charge in [0.15, 0.2) is 0 Å². The minimum atomic E-state index is 0.366. The molecule has 0 amide bonds. The third-order valence-electron chi connectivity index (χ3n) is 7.85. The van der Waals surface area contributed by atoms with Crippen LogP contribution in [0.5, 0.6) is 0 Å². The Morgan fingerprint density at radius 1 is 1.26 bits per heavy atom. The van der Waals surface area contributed by atoms with Crippen molar-refractivity contribution in [3.05, 3.63) is 12.8 Å². The fourth-order valence-electron chi connectivity index (χ4n) is 5.46. The number of quaternary nitrogens is 2. The maximum Gasteiger partial charge on any atom is 0.127 e. The normalized spacial score (nSPS) is 39.7. The van der Waals surface area contributed by atoms with Gasteiger partial charge < -0.3 is 0 Å². The van der Waals surface area contributed by atoms with E-state index in [2.05, 4.69) is 33.0 Å². The Kier molecular flexibility index (Phi) is 4.41. The highest BCUT2D eigenvalue weighted by molar-refractivity contribution is 5.00. The SMILES string of the molecule is C=C[N+](C)(CCC1CC2CC1C([N+](C)(OC)C1(C)CC1)C2)NC. The minimum absolute atomic E-state index is 0.366. The standard InChI is InChI=1S/C19H37N3O/c1-7-21(4,20-3)11-8-16-12-15-13-17(16)18(14-15)22(5,23-6)19(2)9-10-19/h7,15-18,20H,1,8-14H2,2-6H3/q+2. The molecule has 2 bridgehead atoms. The van der Waals surface area contributed by atoms with Crippen LogP contribution in [-0.4, -0.2) is 55.6 Å². The molecule has 3 rings (SSSR count). The molecule has 0 spiro atoms. The van der Waals surface area contributed by atoms with Crippen LogP contribution in [0.15, 0.2) is 12.8 Å². The van der Waals surface area contributed by atoms with Gasteiger partial charge in [-0.3, -0.25) is 0 Å². The van der Waals surface area contributed by atoms with Crippen LogP contribution < -0.4 is 5.43 Å². The van der Waals surface area contributed by atoms with Crippen molar-refractivity contribution in [3.63, 3.8) is 0 Å². The van der Waals surface area contributed by atoms with Crippen LogP contribution in [-0.2, 0) is 4.84 Å². The van der Waals surface area contributed by atoms with Crippen LogP contribution >= 0.6 is 0 Å². The number of hydrogen-bond acceptors (Lipinski definition) is 2. The minimum Gasteiger partial charge on any atom is -0.223 e. The van der Waals surface area contributed by atoms with E-state index in [-0.39, 0.29) is 0 Å². The number of nitrogens with zero attached hydrogens (tertiary/aromatic N) is 2. The second-order valence-electron chi connectivity index (χ2n) is 8.92. The molecule has 4 nitrogen and oxygen atoms in total. The van der Waals surface area contributed by atoms with Crippen LogP contribution in [0.3, 0.4) is 0 Å². The molecule has 0 aromatic carbocycles. The molecule has 0 aromatic heterocycles. The summed E-state index contributed by atoms with van der Waals surface area (Å²) in [6, 6.07) is 0.702. The van der Waals surface area contributed by atoms with E-state index < -0.39 is 0 Å². The fourth-order valence-corrected chi connectivity index (χ4v) is 5.46. The molecule has 3 aliphatic carbocycles. The summed E-state index contributed by atoms with van der Waals surface area (Å²) in [5.41, 5.74) is 3.74. The molecule has 4 heteroatoms. The Hall–Kier alpha value is -0.420. The molecular weight excluding hydrogens is 286 g/mol. The zero-order valence-corrected chi connectivity index (χ0v) is 15.8. The summed E-state index contributed by atoms with van der Waals surface area (Å²) in [6.45, 7) is 7.55. The molecule has 0 saturated heterocycles. The van der Waals surface area contributed by atoms with Gasteiger partial charge in [0.25, 0.3) is 0 Å². The lowest BCUT2D eigenvalue weighted by molar-refractivity contribution is -1.13. The number of fused-ring (bicyclic) bond motifs is 2. The number of hydroxylamine groups is 3. The van der Waals surface area contributed by atoms with Crippen molar-refractivity contribution in [3.8, 4) is 0 Å². The van der Waals surface area contributed by atoms with Crippen molar-refractivity contribution >= 4 is 0 Å². The highest BCUT2D eigenvalue weighted by atomic mass is 16.7. The van der Waals surface area contributed by atoms with Crippen molar-refractivity contribution < 1.29 is 14.1 Å². The van der Waals surface area contributed by atoms with E-state index in [4.69, 9.17) is 4.84 Å². The van der Waals surface area contributed by atoms with Crippen molar-refractivity contribution in [2.75, 3.05) is 34.8 Å². The van der Waals surface area contributed by atoms with E-state index in [9.17, 15) is 0 Å². The summed E-state index contributed by atoms with van der Waals surface area (Å²) < 4.78 is 1.61. The van der Waals surface area contributed by atoms with Gasteiger partial charge in [-0.1, -0.05) is 0 Å². The molecule has 3 fully saturated rings. The first kappa shape index (κ1) is 17.4. The van der Waals surface area contributed by atoms with Gasteiger partial charge >= 0.3 is 0 Å². The van der Waals surface area contributed by atoms with E-state index in [1.165, 1.54) is 38.5 Å². The van der Waals surface area contributed by atoms with Crippen LogP contribution in [0.25, 0.3) is 0 Å². The van der Waals surface area contributed by atoms with Gasteiger partial charge in [0, 0.05) is 38.6 Å². The lowest BCUT2D eigenvalue weighted by Crippen LogP contribution is -2.61. The maximum absolute atomic E-state index is 6.14. The average Bonchev–Trinajstić information content (AvgIpc) is 3.03. The molecule has 3 aliphatic rings. The first-order valence-electron chi connectivity index (χ1n) is 9.40. The van der Waals surface area contributed by atoms with Crippen LogP contribution in [0.2, 0.25) is 0 Å². The van der Waals surface area contributed by atoms with Gasteiger partial charge in [0.05, 0.1) is 21.2 Å². The predicted octanol–water partition coefficient (Wildman–Crippen LogP) is 3.08. The first-order valence-corrected chi connectivity index (χ1v) is 9.40. The monoisotopic (exact) mass is 323 g/mol. The summed E-state index contributed by atoms with van der Waals surface area (Å²) in [6.07, 6.45) is 10.2. The quantitative estimate of drug-likeness (QED) is 0.547. The lowest BCUT2D eigenvalue weighted by Gasteiger charge is -2.46. The van der Waals surface area contributed by atoms with Crippen molar-refractivity contribution in [1.29, 1.82) is 0 Å². The third kappa shape index (κ3) is 2.78. The second kappa shape index (κ2) is 5.83. The van der Waals surface area contributed by atoms with Gasteiger partial charge in [-0.2, -0.15) is 10.1 Å².